The first-order chi connectivity index (χ1) is 16.8. The SMILES string of the molecule is CC(=O)Oc1ccc(C(=O)N2c3ccc(B4OC(C)(C)C(C)(C)O4)cc3CC[C@@H]2C)c(OC(C)=O)c1. The normalized spacial score (nSPS) is 20.0. The van der Waals surface area contributed by atoms with Crippen molar-refractivity contribution in [2.24, 2.45) is 0 Å². The number of carbonyl (C=O) groups excluding carboxylic acids is 3. The molecule has 8 nitrogen and oxygen atoms in total. The van der Waals surface area contributed by atoms with Crippen molar-refractivity contribution >= 4 is 36.1 Å². The van der Waals surface area contributed by atoms with Gasteiger partial charge in [-0.3, -0.25) is 14.4 Å². The van der Waals surface area contributed by atoms with E-state index in [2.05, 4.69) is 0 Å². The van der Waals surface area contributed by atoms with Crippen LogP contribution in [0.5, 0.6) is 11.5 Å². The lowest BCUT2D eigenvalue weighted by Crippen LogP contribution is -2.43. The van der Waals surface area contributed by atoms with Gasteiger partial charge in [0.05, 0.1) is 16.8 Å². The second kappa shape index (κ2) is 9.37. The van der Waals surface area contributed by atoms with E-state index in [4.69, 9.17) is 18.8 Å². The van der Waals surface area contributed by atoms with Crippen LogP contribution in [0.1, 0.15) is 70.8 Å². The molecule has 2 aliphatic rings. The molecule has 0 aliphatic carbocycles. The van der Waals surface area contributed by atoms with Crippen LogP contribution in [0.25, 0.3) is 0 Å². The van der Waals surface area contributed by atoms with E-state index < -0.39 is 30.3 Å². The first kappa shape index (κ1) is 25.9. The van der Waals surface area contributed by atoms with Crippen molar-refractivity contribution in [2.45, 2.75) is 78.6 Å². The fourth-order valence-corrected chi connectivity index (χ4v) is 4.48. The predicted octanol–water partition coefficient (Wildman–Crippen LogP) is 3.82. The molecule has 0 unspecified atom stereocenters. The van der Waals surface area contributed by atoms with Crippen LogP contribution >= 0.6 is 0 Å². The minimum atomic E-state index is -0.580. The Morgan fingerprint density at radius 1 is 0.944 bits per heavy atom. The summed E-state index contributed by atoms with van der Waals surface area (Å²) in [5.74, 6) is -1.17. The average molecular weight is 493 g/mol. The minimum absolute atomic E-state index is 0.0411. The molecule has 0 aromatic heterocycles. The molecule has 0 saturated carbocycles. The van der Waals surface area contributed by atoms with Crippen LogP contribution in [0.4, 0.5) is 5.69 Å². The Labute approximate surface area is 212 Å². The van der Waals surface area contributed by atoms with E-state index in [0.717, 1.165) is 29.6 Å². The third-order valence-corrected chi connectivity index (χ3v) is 7.08. The fourth-order valence-electron chi connectivity index (χ4n) is 4.48. The molecular formula is C27H32BNO7. The van der Waals surface area contributed by atoms with Crippen molar-refractivity contribution in [1.29, 1.82) is 0 Å². The molecule has 1 fully saturated rings. The van der Waals surface area contributed by atoms with Gasteiger partial charge in [-0.25, -0.2) is 0 Å². The Hall–Kier alpha value is -3.17. The van der Waals surface area contributed by atoms with E-state index in [1.54, 1.807) is 4.90 Å². The van der Waals surface area contributed by atoms with Crippen LogP contribution in [0.15, 0.2) is 36.4 Å². The molecule has 1 saturated heterocycles. The highest BCUT2D eigenvalue weighted by atomic mass is 16.7. The maximum atomic E-state index is 13.8. The van der Waals surface area contributed by atoms with E-state index >= 15 is 0 Å². The Kier molecular flexibility index (Phi) is 6.75. The zero-order chi connectivity index (χ0) is 26.4. The molecule has 1 amide bonds. The number of fused-ring (bicyclic) bond motifs is 1. The number of anilines is 1. The topological polar surface area (TPSA) is 91.4 Å². The maximum Gasteiger partial charge on any atom is 0.494 e. The van der Waals surface area contributed by atoms with Crippen molar-refractivity contribution in [3.8, 4) is 11.5 Å². The third kappa shape index (κ3) is 4.90. The van der Waals surface area contributed by atoms with Gasteiger partial charge in [0, 0.05) is 31.6 Å². The van der Waals surface area contributed by atoms with Crippen molar-refractivity contribution < 1.29 is 33.2 Å². The molecule has 1 atom stereocenters. The quantitative estimate of drug-likeness (QED) is 0.363. The number of benzene rings is 2. The summed E-state index contributed by atoms with van der Waals surface area (Å²) >= 11 is 0. The highest BCUT2D eigenvalue weighted by Crippen LogP contribution is 2.38. The first-order valence-electron chi connectivity index (χ1n) is 12.1. The van der Waals surface area contributed by atoms with E-state index in [-0.39, 0.29) is 29.0 Å². The molecule has 36 heavy (non-hydrogen) atoms. The Bertz CT molecular complexity index is 1210. The molecule has 0 N–H and O–H groups in total. The lowest BCUT2D eigenvalue weighted by molar-refractivity contribution is -0.132. The molecular weight excluding hydrogens is 461 g/mol. The number of nitrogens with zero attached hydrogens (tertiary/aromatic N) is 1. The summed E-state index contributed by atoms with van der Waals surface area (Å²) in [5, 5.41) is 0. The van der Waals surface area contributed by atoms with E-state index in [0.29, 0.717) is 0 Å². The van der Waals surface area contributed by atoms with Gasteiger partial charge in [0.15, 0.2) is 0 Å². The number of rotatable bonds is 4. The summed E-state index contributed by atoms with van der Waals surface area (Å²) in [7, 11) is -0.492. The molecule has 0 spiro atoms. The van der Waals surface area contributed by atoms with Crippen molar-refractivity contribution in [2.75, 3.05) is 4.90 Å². The Balaban J connectivity index is 1.68. The highest BCUT2D eigenvalue weighted by Gasteiger charge is 2.51. The number of esters is 2. The molecule has 0 radical (unpaired) electrons. The van der Waals surface area contributed by atoms with Gasteiger partial charge in [0.25, 0.3) is 5.91 Å². The second-order valence-corrected chi connectivity index (χ2v) is 10.4. The van der Waals surface area contributed by atoms with Crippen LogP contribution in [0, 0.1) is 0 Å². The van der Waals surface area contributed by atoms with Gasteiger partial charge in [-0.2, -0.15) is 0 Å². The van der Waals surface area contributed by atoms with Crippen LogP contribution in [0.2, 0.25) is 0 Å². The second-order valence-electron chi connectivity index (χ2n) is 10.4. The zero-order valence-electron chi connectivity index (χ0n) is 21.8. The van der Waals surface area contributed by atoms with Crippen LogP contribution < -0.4 is 19.8 Å². The Morgan fingerprint density at radius 3 is 2.19 bits per heavy atom. The molecule has 2 aliphatic heterocycles. The first-order valence-corrected chi connectivity index (χ1v) is 12.1. The number of ether oxygens (including phenoxy) is 2. The molecule has 9 heteroatoms. The Morgan fingerprint density at radius 2 is 1.58 bits per heavy atom. The van der Waals surface area contributed by atoms with Gasteiger partial charge in [0.1, 0.15) is 11.5 Å². The van der Waals surface area contributed by atoms with Gasteiger partial charge in [-0.05, 0) is 76.7 Å². The fraction of sp³-hybridized carbons (Fsp3) is 0.444. The average Bonchev–Trinajstić information content (AvgIpc) is 2.99. The van der Waals surface area contributed by atoms with Gasteiger partial charge in [-0.15, -0.1) is 0 Å². The standard InChI is InChI=1S/C27H32BNO7/c1-16-8-9-19-14-20(28-35-26(4,5)27(6,7)36-28)10-13-23(19)29(16)25(32)22-12-11-21(33-17(2)30)15-24(22)34-18(3)31/h10-16H,8-9H2,1-7H3/t16-/m0/s1. The summed E-state index contributed by atoms with van der Waals surface area (Å²) in [5.41, 5.74) is 2.01. The molecule has 2 aromatic carbocycles. The van der Waals surface area contributed by atoms with Gasteiger partial charge in [0.2, 0.25) is 0 Å². The van der Waals surface area contributed by atoms with Crippen molar-refractivity contribution in [3.05, 3.63) is 47.5 Å². The smallest absolute Gasteiger partial charge is 0.427 e. The zero-order valence-corrected chi connectivity index (χ0v) is 21.8. The number of carbonyl (C=O) groups is 3. The largest absolute Gasteiger partial charge is 0.494 e. The highest BCUT2D eigenvalue weighted by molar-refractivity contribution is 6.62. The molecule has 2 aromatic rings. The number of hydrogen-bond acceptors (Lipinski definition) is 7. The van der Waals surface area contributed by atoms with Gasteiger partial charge in [-0.1, -0.05) is 12.1 Å². The lowest BCUT2D eigenvalue weighted by Gasteiger charge is -2.36. The maximum absolute atomic E-state index is 13.8. The predicted molar refractivity (Wildman–Crippen MR) is 136 cm³/mol. The van der Waals surface area contributed by atoms with Crippen molar-refractivity contribution in [1.82, 2.24) is 0 Å². The summed E-state index contributed by atoms with van der Waals surface area (Å²) in [6, 6.07) is 10.2. The summed E-state index contributed by atoms with van der Waals surface area (Å²) < 4.78 is 22.8. The monoisotopic (exact) mass is 493 g/mol. The summed E-state index contributed by atoms with van der Waals surface area (Å²) in [4.78, 5) is 38.6. The van der Waals surface area contributed by atoms with Crippen LogP contribution in [-0.4, -0.2) is 42.2 Å². The third-order valence-electron chi connectivity index (χ3n) is 7.08. The minimum Gasteiger partial charge on any atom is -0.427 e. The van der Waals surface area contributed by atoms with Crippen molar-refractivity contribution in [3.63, 3.8) is 0 Å². The van der Waals surface area contributed by atoms with E-state index in [1.165, 1.54) is 32.0 Å². The summed E-state index contributed by atoms with van der Waals surface area (Å²) in [6.45, 7) is 12.6. The van der Waals surface area contributed by atoms with E-state index in [1.807, 2.05) is 52.8 Å². The van der Waals surface area contributed by atoms with Crippen LogP contribution in [-0.2, 0) is 25.3 Å². The molecule has 190 valence electrons. The number of amides is 1. The molecule has 0 bridgehead atoms. The van der Waals surface area contributed by atoms with Crippen LogP contribution in [0.3, 0.4) is 0 Å². The number of hydrogen-bond donors (Lipinski definition) is 0. The van der Waals surface area contributed by atoms with Gasteiger partial charge >= 0.3 is 19.1 Å². The van der Waals surface area contributed by atoms with Gasteiger partial charge < -0.3 is 23.7 Å². The lowest BCUT2D eigenvalue weighted by atomic mass is 9.77. The number of aryl methyl sites for hydroxylation is 1. The molecule has 2 heterocycles. The molecule has 4 rings (SSSR count). The van der Waals surface area contributed by atoms with E-state index in [9.17, 15) is 14.4 Å². The summed E-state index contributed by atoms with van der Waals surface area (Å²) in [6.07, 6.45) is 1.57.